The number of amides is 1. The maximum atomic E-state index is 13.7. The number of pyridine rings is 1. The number of carbonyl (C=O) groups excluding carboxylic acids is 1. The van der Waals surface area contributed by atoms with Gasteiger partial charge in [0.15, 0.2) is 5.82 Å². The Bertz CT molecular complexity index is 817. The molecule has 0 saturated heterocycles. The summed E-state index contributed by atoms with van der Waals surface area (Å²) in [6, 6.07) is 2.71. The fraction of sp³-hybridized carbons (Fsp3) is 0.389. The number of halogens is 1. The molecule has 7 heteroatoms. The van der Waals surface area contributed by atoms with E-state index in [9.17, 15) is 9.18 Å². The second-order valence-corrected chi connectivity index (χ2v) is 6.35. The van der Waals surface area contributed by atoms with E-state index in [0.29, 0.717) is 13.1 Å². The molecule has 25 heavy (non-hydrogen) atoms. The molecule has 0 radical (unpaired) electrons. The predicted octanol–water partition coefficient (Wildman–Crippen LogP) is 2.49. The van der Waals surface area contributed by atoms with Gasteiger partial charge < -0.3 is 14.2 Å². The van der Waals surface area contributed by atoms with Gasteiger partial charge in [0, 0.05) is 24.5 Å². The number of nitrogens with zero attached hydrogens (tertiary/aromatic N) is 4. The Morgan fingerprint density at radius 2 is 2.36 bits per heavy atom. The van der Waals surface area contributed by atoms with Gasteiger partial charge in [-0.05, 0) is 31.4 Å². The first kappa shape index (κ1) is 15.8. The highest BCUT2D eigenvalue weighted by Crippen LogP contribution is 2.26. The molecule has 1 atom stereocenters. The number of rotatable bonds is 4. The van der Waals surface area contributed by atoms with Crippen molar-refractivity contribution < 1.29 is 13.9 Å². The summed E-state index contributed by atoms with van der Waals surface area (Å²) < 4.78 is 21.3. The van der Waals surface area contributed by atoms with Crippen molar-refractivity contribution in [3.05, 3.63) is 54.0 Å². The molecule has 130 valence electrons. The summed E-state index contributed by atoms with van der Waals surface area (Å²) in [5.41, 5.74) is 1.84. The van der Waals surface area contributed by atoms with Crippen LogP contribution in [0.2, 0.25) is 0 Å². The van der Waals surface area contributed by atoms with Gasteiger partial charge in [-0.3, -0.25) is 4.79 Å². The minimum atomic E-state index is -0.492. The van der Waals surface area contributed by atoms with Gasteiger partial charge in [-0.15, -0.1) is 0 Å². The zero-order chi connectivity index (χ0) is 17.2. The van der Waals surface area contributed by atoms with Crippen molar-refractivity contribution in [3.63, 3.8) is 0 Å². The number of imidazole rings is 1. The SMILES string of the molecule is O=C(C1=CCCC1)N1Cc2cncn2C(COc2ncccc2F)C1. The van der Waals surface area contributed by atoms with Crippen LogP contribution in [0, 0.1) is 5.82 Å². The average molecular weight is 342 g/mol. The molecule has 1 aliphatic heterocycles. The lowest BCUT2D eigenvalue weighted by atomic mass is 10.1. The number of hydrogen-bond donors (Lipinski definition) is 0. The van der Waals surface area contributed by atoms with Crippen LogP contribution in [0.15, 0.2) is 42.5 Å². The minimum absolute atomic E-state index is 0.0221. The third kappa shape index (κ3) is 3.14. The van der Waals surface area contributed by atoms with Crippen molar-refractivity contribution in [1.29, 1.82) is 0 Å². The lowest BCUT2D eigenvalue weighted by Gasteiger charge is -2.34. The van der Waals surface area contributed by atoms with E-state index < -0.39 is 5.82 Å². The Labute approximate surface area is 144 Å². The van der Waals surface area contributed by atoms with E-state index in [0.717, 1.165) is 30.5 Å². The molecular formula is C18H19FN4O2. The normalized spacial score (nSPS) is 19.5. The van der Waals surface area contributed by atoms with Crippen LogP contribution >= 0.6 is 0 Å². The molecule has 1 amide bonds. The van der Waals surface area contributed by atoms with E-state index in [1.165, 1.54) is 18.3 Å². The summed E-state index contributed by atoms with van der Waals surface area (Å²) >= 11 is 0. The lowest BCUT2D eigenvalue weighted by Crippen LogP contribution is -2.43. The molecule has 6 nitrogen and oxygen atoms in total. The van der Waals surface area contributed by atoms with Gasteiger partial charge in [0.25, 0.3) is 0 Å². The zero-order valence-electron chi connectivity index (χ0n) is 13.8. The van der Waals surface area contributed by atoms with Crippen LogP contribution in [-0.4, -0.2) is 38.5 Å². The Balaban J connectivity index is 1.51. The molecule has 0 bridgehead atoms. The summed E-state index contributed by atoms with van der Waals surface area (Å²) in [7, 11) is 0. The molecular weight excluding hydrogens is 323 g/mol. The van der Waals surface area contributed by atoms with Crippen LogP contribution in [0.25, 0.3) is 0 Å². The summed E-state index contributed by atoms with van der Waals surface area (Å²) in [5.74, 6) is -0.432. The van der Waals surface area contributed by atoms with Gasteiger partial charge in [-0.2, -0.15) is 0 Å². The first-order valence-electron chi connectivity index (χ1n) is 8.44. The molecule has 1 aliphatic carbocycles. The van der Waals surface area contributed by atoms with Gasteiger partial charge >= 0.3 is 0 Å². The first-order chi connectivity index (χ1) is 12.2. The van der Waals surface area contributed by atoms with Crippen LogP contribution < -0.4 is 4.74 Å². The number of allylic oxidation sites excluding steroid dienone is 1. The minimum Gasteiger partial charge on any atom is -0.473 e. The van der Waals surface area contributed by atoms with E-state index in [2.05, 4.69) is 9.97 Å². The zero-order valence-corrected chi connectivity index (χ0v) is 13.8. The molecule has 4 rings (SSSR count). The highest BCUT2D eigenvalue weighted by atomic mass is 19.1. The Hall–Kier alpha value is -2.70. The fourth-order valence-electron chi connectivity index (χ4n) is 3.39. The summed E-state index contributed by atoms with van der Waals surface area (Å²) in [5, 5.41) is 0. The largest absolute Gasteiger partial charge is 0.473 e. The molecule has 0 N–H and O–H groups in total. The van der Waals surface area contributed by atoms with Crippen LogP contribution in [0.3, 0.4) is 0 Å². The molecule has 2 aliphatic rings. The Morgan fingerprint density at radius 3 is 3.16 bits per heavy atom. The Kier molecular flexibility index (Phi) is 4.21. The number of ether oxygens (including phenoxy) is 1. The Morgan fingerprint density at radius 1 is 1.44 bits per heavy atom. The summed E-state index contributed by atoms with van der Waals surface area (Å²) in [6.07, 6.45) is 9.87. The van der Waals surface area contributed by atoms with E-state index >= 15 is 0 Å². The third-order valence-electron chi connectivity index (χ3n) is 4.66. The van der Waals surface area contributed by atoms with Crippen LogP contribution in [0.4, 0.5) is 4.39 Å². The second kappa shape index (κ2) is 6.66. The highest BCUT2D eigenvalue weighted by molar-refractivity contribution is 5.93. The summed E-state index contributed by atoms with van der Waals surface area (Å²) in [6.45, 7) is 1.26. The smallest absolute Gasteiger partial charge is 0.250 e. The van der Waals surface area contributed by atoms with Crippen molar-refractivity contribution in [3.8, 4) is 5.88 Å². The standard InChI is InChI=1S/C18H19FN4O2/c19-16-6-3-7-21-17(16)25-11-15-10-22(9-14-8-20-12-23(14)15)18(24)13-4-1-2-5-13/h3-4,6-8,12,15H,1-2,5,9-11H2. The molecule has 0 fully saturated rings. The van der Waals surface area contributed by atoms with Gasteiger partial charge in [0.2, 0.25) is 11.8 Å². The highest BCUT2D eigenvalue weighted by Gasteiger charge is 2.30. The van der Waals surface area contributed by atoms with E-state index in [4.69, 9.17) is 4.74 Å². The van der Waals surface area contributed by atoms with Crippen molar-refractivity contribution in [1.82, 2.24) is 19.4 Å². The van der Waals surface area contributed by atoms with Crippen molar-refractivity contribution in [2.75, 3.05) is 13.2 Å². The van der Waals surface area contributed by atoms with E-state index in [1.54, 1.807) is 12.5 Å². The van der Waals surface area contributed by atoms with Crippen LogP contribution in [0.5, 0.6) is 5.88 Å². The molecule has 0 aromatic carbocycles. The predicted molar refractivity (Wildman–Crippen MR) is 88.3 cm³/mol. The van der Waals surface area contributed by atoms with Crippen molar-refractivity contribution >= 4 is 5.91 Å². The molecule has 1 unspecified atom stereocenters. The van der Waals surface area contributed by atoms with Gasteiger partial charge in [0.05, 0.1) is 24.6 Å². The number of aromatic nitrogens is 3. The summed E-state index contributed by atoms with van der Waals surface area (Å²) in [4.78, 5) is 22.6. The fourth-order valence-corrected chi connectivity index (χ4v) is 3.39. The van der Waals surface area contributed by atoms with Crippen molar-refractivity contribution in [2.24, 2.45) is 0 Å². The third-order valence-corrected chi connectivity index (χ3v) is 4.66. The quantitative estimate of drug-likeness (QED) is 0.856. The molecule has 0 saturated carbocycles. The van der Waals surface area contributed by atoms with E-state index in [-0.39, 0.29) is 24.4 Å². The van der Waals surface area contributed by atoms with E-state index in [1.807, 2.05) is 15.5 Å². The number of fused-ring (bicyclic) bond motifs is 1. The van der Waals surface area contributed by atoms with Gasteiger partial charge in [-0.1, -0.05) is 6.08 Å². The number of hydrogen-bond acceptors (Lipinski definition) is 4. The van der Waals surface area contributed by atoms with Crippen LogP contribution in [-0.2, 0) is 11.3 Å². The number of carbonyl (C=O) groups is 1. The first-order valence-corrected chi connectivity index (χ1v) is 8.44. The average Bonchev–Trinajstić information content (AvgIpc) is 3.31. The molecule has 0 spiro atoms. The molecule has 2 aromatic rings. The maximum Gasteiger partial charge on any atom is 0.250 e. The van der Waals surface area contributed by atoms with Gasteiger partial charge in [0.1, 0.15) is 6.61 Å². The van der Waals surface area contributed by atoms with Crippen LogP contribution in [0.1, 0.15) is 31.0 Å². The second-order valence-electron chi connectivity index (χ2n) is 6.35. The molecule has 2 aromatic heterocycles. The molecule has 3 heterocycles. The van der Waals surface area contributed by atoms with Crippen molar-refractivity contribution in [2.45, 2.75) is 31.8 Å². The monoisotopic (exact) mass is 342 g/mol. The maximum absolute atomic E-state index is 13.7. The van der Waals surface area contributed by atoms with Gasteiger partial charge in [-0.25, -0.2) is 14.4 Å². The lowest BCUT2D eigenvalue weighted by molar-refractivity contribution is -0.129. The topological polar surface area (TPSA) is 60.2 Å².